The minimum Gasteiger partial charge on any atom is -0.496 e. The van der Waals surface area contributed by atoms with Crippen molar-refractivity contribution in [1.82, 2.24) is 10.1 Å². The van der Waals surface area contributed by atoms with E-state index in [4.69, 9.17) is 15.0 Å². The van der Waals surface area contributed by atoms with Gasteiger partial charge in [0.05, 0.1) is 18.1 Å². The van der Waals surface area contributed by atoms with Crippen LogP contribution in [-0.4, -0.2) is 23.3 Å². The molecule has 1 aromatic heterocycles. The predicted molar refractivity (Wildman–Crippen MR) is 80.2 cm³/mol. The van der Waals surface area contributed by atoms with Crippen molar-refractivity contribution in [2.75, 3.05) is 7.11 Å². The van der Waals surface area contributed by atoms with Crippen LogP contribution in [0.4, 0.5) is 0 Å². The number of aromatic nitrogens is 2. The van der Waals surface area contributed by atoms with Crippen LogP contribution in [-0.2, 0) is 5.41 Å². The Morgan fingerprint density at radius 2 is 2.24 bits per heavy atom. The Hall–Kier alpha value is -1.88. The Morgan fingerprint density at radius 3 is 2.90 bits per heavy atom. The summed E-state index contributed by atoms with van der Waals surface area (Å²) in [5, 5.41) is 4.13. The summed E-state index contributed by atoms with van der Waals surface area (Å²) in [6.45, 7) is 4.13. The zero-order chi connectivity index (χ0) is 15.0. The third kappa shape index (κ3) is 2.31. The highest BCUT2D eigenvalue weighted by atomic mass is 16.5. The largest absolute Gasteiger partial charge is 0.496 e. The van der Waals surface area contributed by atoms with Gasteiger partial charge in [-0.3, -0.25) is 0 Å². The van der Waals surface area contributed by atoms with Crippen LogP contribution >= 0.6 is 0 Å². The van der Waals surface area contributed by atoms with E-state index >= 15 is 0 Å². The van der Waals surface area contributed by atoms with Gasteiger partial charge in [-0.1, -0.05) is 17.6 Å². The molecule has 2 aromatic rings. The van der Waals surface area contributed by atoms with E-state index in [9.17, 15) is 0 Å². The summed E-state index contributed by atoms with van der Waals surface area (Å²) in [4.78, 5) is 4.59. The van der Waals surface area contributed by atoms with Crippen LogP contribution in [0.3, 0.4) is 0 Å². The second-order valence-corrected chi connectivity index (χ2v) is 6.04. The van der Waals surface area contributed by atoms with E-state index in [1.165, 1.54) is 0 Å². The summed E-state index contributed by atoms with van der Waals surface area (Å²) < 4.78 is 10.9. The van der Waals surface area contributed by atoms with E-state index in [-0.39, 0.29) is 11.5 Å². The Balaban J connectivity index is 1.99. The Labute approximate surface area is 124 Å². The van der Waals surface area contributed by atoms with Gasteiger partial charge in [-0.2, -0.15) is 4.98 Å². The van der Waals surface area contributed by atoms with Crippen LogP contribution in [0.2, 0.25) is 0 Å². The van der Waals surface area contributed by atoms with Gasteiger partial charge in [0, 0.05) is 6.04 Å². The van der Waals surface area contributed by atoms with Crippen molar-refractivity contribution in [2.45, 2.75) is 44.6 Å². The predicted octanol–water partition coefficient (Wildman–Crippen LogP) is 2.82. The molecule has 5 nitrogen and oxygen atoms in total. The normalized spacial score (nSPS) is 25.2. The van der Waals surface area contributed by atoms with Gasteiger partial charge < -0.3 is 15.0 Å². The summed E-state index contributed by atoms with van der Waals surface area (Å²) in [5.74, 6) is 1.94. The van der Waals surface area contributed by atoms with Crippen molar-refractivity contribution in [3.8, 4) is 17.1 Å². The quantitative estimate of drug-likeness (QED) is 0.939. The van der Waals surface area contributed by atoms with E-state index < -0.39 is 0 Å². The van der Waals surface area contributed by atoms with Crippen LogP contribution in [0.25, 0.3) is 11.4 Å². The highest BCUT2D eigenvalue weighted by molar-refractivity contribution is 5.64. The molecule has 2 N–H and O–H groups in total. The monoisotopic (exact) mass is 287 g/mol. The van der Waals surface area contributed by atoms with Gasteiger partial charge in [-0.25, -0.2) is 0 Å². The molecule has 5 heteroatoms. The van der Waals surface area contributed by atoms with E-state index in [1.807, 2.05) is 25.1 Å². The van der Waals surface area contributed by atoms with Crippen molar-refractivity contribution in [1.29, 1.82) is 0 Å². The average Bonchev–Trinajstić information content (AvgIpc) is 3.08. The zero-order valence-corrected chi connectivity index (χ0v) is 12.7. The van der Waals surface area contributed by atoms with Gasteiger partial charge in [-0.05, 0) is 44.4 Å². The van der Waals surface area contributed by atoms with Crippen LogP contribution in [0.15, 0.2) is 22.7 Å². The second kappa shape index (κ2) is 5.15. The smallest absolute Gasteiger partial charge is 0.234 e. The molecule has 2 unspecified atom stereocenters. The summed E-state index contributed by atoms with van der Waals surface area (Å²) in [6.07, 6.45) is 3.09. The maximum absolute atomic E-state index is 6.22. The van der Waals surface area contributed by atoms with E-state index in [2.05, 4.69) is 17.1 Å². The molecule has 112 valence electrons. The lowest BCUT2D eigenvalue weighted by molar-refractivity contribution is 0.278. The van der Waals surface area contributed by atoms with Gasteiger partial charge in [0.25, 0.3) is 0 Å². The first-order valence-corrected chi connectivity index (χ1v) is 7.29. The first kappa shape index (κ1) is 14.1. The molecule has 21 heavy (non-hydrogen) atoms. The number of aryl methyl sites for hydroxylation is 1. The number of benzene rings is 1. The standard InChI is InChI=1S/C16H21N3O2/c1-10-6-7-11(12(9-10)20-3)14-18-15(21-19-14)16(2)8-4-5-13(16)17/h6-7,9,13H,4-5,8,17H2,1-3H3. The third-order valence-electron chi connectivity index (χ3n) is 4.54. The molecule has 0 amide bonds. The molecule has 0 radical (unpaired) electrons. The summed E-state index contributed by atoms with van der Waals surface area (Å²) >= 11 is 0. The maximum Gasteiger partial charge on any atom is 0.234 e. The molecule has 1 aliphatic carbocycles. The number of nitrogens with two attached hydrogens (primary N) is 1. The number of rotatable bonds is 3. The number of hydrogen-bond donors (Lipinski definition) is 1. The van der Waals surface area contributed by atoms with Crippen molar-refractivity contribution < 1.29 is 9.26 Å². The van der Waals surface area contributed by atoms with Crippen molar-refractivity contribution in [2.24, 2.45) is 5.73 Å². The first-order chi connectivity index (χ1) is 10.0. The van der Waals surface area contributed by atoms with Gasteiger partial charge >= 0.3 is 0 Å². The molecule has 1 heterocycles. The van der Waals surface area contributed by atoms with Crippen LogP contribution in [0, 0.1) is 6.92 Å². The van der Waals surface area contributed by atoms with Crippen molar-refractivity contribution in [3.63, 3.8) is 0 Å². The molecule has 3 rings (SSSR count). The fourth-order valence-electron chi connectivity index (χ4n) is 3.01. The van der Waals surface area contributed by atoms with Crippen LogP contribution in [0.5, 0.6) is 5.75 Å². The fraction of sp³-hybridized carbons (Fsp3) is 0.500. The van der Waals surface area contributed by atoms with Gasteiger partial charge in [0.2, 0.25) is 11.7 Å². The summed E-state index contributed by atoms with van der Waals surface area (Å²) in [5.41, 5.74) is 7.97. The van der Waals surface area contributed by atoms with Crippen LogP contribution < -0.4 is 10.5 Å². The van der Waals surface area contributed by atoms with Gasteiger partial charge in [0.1, 0.15) is 5.75 Å². The molecule has 0 spiro atoms. The topological polar surface area (TPSA) is 74.2 Å². The summed E-state index contributed by atoms with van der Waals surface area (Å²) in [7, 11) is 1.65. The van der Waals surface area contributed by atoms with Crippen molar-refractivity contribution in [3.05, 3.63) is 29.7 Å². The lowest BCUT2D eigenvalue weighted by Crippen LogP contribution is -2.38. The Morgan fingerprint density at radius 1 is 1.43 bits per heavy atom. The molecule has 0 saturated heterocycles. The highest BCUT2D eigenvalue weighted by Crippen LogP contribution is 2.40. The fourth-order valence-corrected chi connectivity index (χ4v) is 3.01. The molecule has 0 aliphatic heterocycles. The summed E-state index contributed by atoms with van der Waals surface area (Å²) in [6, 6.07) is 6.01. The maximum atomic E-state index is 6.22. The van der Waals surface area contributed by atoms with E-state index in [0.29, 0.717) is 11.7 Å². The Bertz CT molecular complexity index is 653. The molecule has 1 aliphatic rings. The molecular formula is C16H21N3O2. The van der Waals surface area contributed by atoms with Crippen molar-refractivity contribution >= 4 is 0 Å². The first-order valence-electron chi connectivity index (χ1n) is 7.29. The number of nitrogens with zero attached hydrogens (tertiary/aromatic N) is 2. The Kier molecular flexibility index (Phi) is 3.45. The lowest BCUT2D eigenvalue weighted by Gasteiger charge is -2.23. The molecule has 2 atom stereocenters. The minimum atomic E-state index is -0.219. The SMILES string of the molecule is COc1cc(C)ccc1-c1noc(C2(C)CCCC2N)n1. The minimum absolute atomic E-state index is 0.0747. The van der Waals surface area contributed by atoms with E-state index in [0.717, 1.165) is 36.1 Å². The zero-order valence-electron chi connectivity index (χ0n) is 12.7. The molecule has 1 aromatic carbocycles. The van der Waals surface area contributed by atoms with Gasteiger partial charge in [-0.15, -0.1) is 0 Å². The molecule has 1 fully saturated rings. The molecular weight excluding hydrogens is 266 g/mol. The molecule has 0 bridgehead atoms. The average molecular weight is 287 g/mol. The second-order valence-electron chi connectivity index (χ2n) is 6.04. The number of ether oxygens (including phenoxy) is 1. The highest BCUT2D eigenvalue weighted by Gasteiger charge is 2.42. The lowest BCUT2D eigenvalue weighted by atomic mass is 9.85. The van der Waals surface area contributed by atoms with Crippen LogP contribution in [0.1, 0.15) is 37.6 Å². The molecule has 1 saturated carbocycles. The van der Waals surface area contributed by atoms with Gasteiger partial charge in [0.15, 0.2) is 0 Å². The third-order valence-corrected chi connectivity index (χ3v) is 4.54. The van der Waals surface area contributed by atoms with E-state index in [1.54, 1.807) is 7.11 Å². The number of hydrogen-bond acceptors (Lipinski definition) is 5. The number of methoxy groups -OCH3 is 1.